The minimum Gasteiger partial charge on any atom is -0.399 e. The Labute approximate surface area is 125 Å². The summed E-state index contributed by atoms with van der Waals surface area (Å²) in [4.78, 5) is 0.258. The molecule has 0 aliphatic rings. The first-order valence-corrected chi connectivity index (χ1v) is 8.13. The van der Waals surface area contributed by atoms with Crippen LogP contribution in [-0.2, 0) is 10.0 Å². The Morgan fingerprint density at radius 2 is 1.81 bits per heavy atom. The highest BCUT2D eigenvalue weighted by Crippen LogP contribution is 2.25. The van der Waals surface area contributed by atoms with E-state index < -0.39 is 10.0 Å². The fraction of sp³-hybridized carbons (Fsp3) is 0.357. The van der Waals surface area contributed by atoms with E-state index in [9.17, 15) is 8.42 Å². The van der Waals surface area contributed by atoms with E-state index in [0.29, 0.717) is 22.6 Å². The van der Waals surface area contributed by atoms with Gasteiger partial charge in [0, 0.05) is 17.8 Å². The third kappa shape index (κ3) is 3.02. The molecular formula is C14H20N4O2S. The summed E-state index contributed by atoms with van der Waals surface area (Å²) in [5.74, 6) is 0.445. The summed E-state index contributed by atoms with van der Waals surface area (Å²) < 4.78 is 29.5. The summed E-state index contributed by atoms with van der Waals surface area (Å²) in [7, 11) is -3.68. The zero-order valence-corrected chi connectivity index (χ0v) is 13.4. The average Bonchev–Trinajstić information content (AvgIpc) is 2.73. The Bertz CT molecular complexity index is 740. The van der Waals surface area contributed by atoms with Crippen LogP contribution < -0.4 is 10.5 Å². The minimum absolute atomic E-state index is 0.0614. The van der Waals surface area contributed by atoms with Crippen LogP contribution in [-0.4, -0.2) is 18.2 Å². The second-order valence-corrected chi connectivity index (χ2v) is 6.96. The molecule has 2 rings (SSSR count). The van der Waals surface area contributed by atoms with Gasteiger partial charge in [-0.1, -0.05) is 0 Å². The lowest BCUT2D eigenvalue weighted by atomic mass is 10.1. The largest absolute Gasteiger partial charge is 0.399 e. The molecule has 0 saturated heterocycles. The van der Waals surface area contributed by atoms with Crippen LogP contribution in [0.1, 0.15) is 31.0 Å². The van der Waals surface area contributed by atoms with Crippen molar-refractivity contribution in [2.75, 3.05) is 10.5 Å². The summed E-state index contributed by atoms with van der Waals surface area (Å²) in [5, 5.41) is 4.12. The quantitative estimate of drug-likeness (QED) is 0.849. The van der Waals surface area contributed by atoms with E-state index in [0.717, 1.165) is 0 Å². The van der Waals surface area contributed by atoms with Crippen LogP contribution in [0.2, 0.25) is 0 Å². The zero-order chi connectivity index (χ0) is 15.8. The molecule has 3 N–H and O–H groups in total. The number of nitrogens with one attached hydrogen (secondary N) is 1. The predicted octanol–water partition coefficient (Wildman–Crippen LogP) is 2.46. The molecule has 0 saturated carbocycles. The minimum atomic E-state index is -3.68. The maximum absolute atomic E-state index is 12.6. The number of nitrogens with zero attached hydrogens (tertiary/aromatic N) is 2. The number of hydrogen-bond donors (Lipinski definition) is 2. The van der Waals surface area contributed by atoms with E-state index in [2.05, 4.69) is 9.82 Å². The molecule has 0 aliphatic carbocycles. The number of nitrogen functional groups attached to an aromatic ring is 1. The second kappa shape index (κ2) is 5.40. The summed E-state index contributed by atoms with van der Waals surface area (Å²) in [5.41, 5.74) is 7.54. The number of hydrogen-bond acceptors (Lipinski definition) is 4. The molecule has 1 heterocycles. The van der Waals surface area contributed by atoms with Crippen molar-refractivity contribution in [2.24, 2.45) is 0 Å². The number of anilines is 2. The maximum atomic E-state index is 12.6. The average molecular weight is 308 g/mol. The number of rotatable bonds is 4. The predicted molar refractivity (Wildman–Crippen MR) is 83.7 cm³/mol. The molecule has 2 aromatic rings. The molecule has 0 bridgehead atoms. The van der Waals surface area contributed by atoms with Crippen LogP contribution in [0.5, 0.6) is 0 Å². The molecule has 0 radical (unpaired) electrons. The molecule has 6 nitrogen and oxygen atoms in total. The van der Waals surface area contributed by atoms with Crippen LogP contribution in [0, 0.1) is 13.8 Å². The van der Waals surface area contributed by atoms with Crippen LogP contribution in [0.3, 0.4) is 0 Å². The number of aryl methyl sites for hydroxylation is 2. The number of aromatic nitrogens is 2. The van der Waals surface area contributed by atoms with E-state index in [1.165, 1.54) is 0 Å². The summed E-state index contributed by atoms with van der Waals surface area (Å²) in [6.45, 7) is 7.34. The molecule has 0 fully saturated rings. The fourth-order valence-electron chi connectivity index (χ4n) is 2.40. The normalized spacial score (nSPS) is 11.9. The number of benzene rings is 1. The third-order valence-electron chi connectivity index (χ3n) is 3.15. The smallest absolute Gasteiger partial charge is 0.263 e. The Morgan fingerprint density at radius 3 is 2.33 bits per heavy atom. The lowest BCUT2D eigenvalue weighted by molar-refractivity contribution is 0.539. The van der Waals surface area contributed by atoms with Gasteiger partial charge in [0.05, 0.1) is 11.1 Å². The first kappa shape index (κ1) is 15.4. The van der Waals surface area contributed by atoms with E-state index >= 15 is 0 Å². The van der Waals surface area contributed by atoms with Gasteiger partial charge in [-0.05, 0) is 51.0 Å². The molecule has 0 atom stereocenters. The summed E-state index contributed by atoms with van der Waals surface area (Å²) >= 11 is 0. The van der Waals surface area contributed by atoms with Crippen molar-refractivity contribution in [3.05, 3.63) is 35.5 Å². The number of sulfonamides is 1. The van der Waals surface area contributed by atoms with Crippen molar-refractivity contribution in [3.8, 4) is 0 Å². The zero-order valence-electron chi connectivity index (χ0n) is 12.6. The second-order valence-electron chi connectivity index (χ2n) is 5.34. The molecule has 114 valence electrons. The molecule has 0 spiro atoms. The fourth-order valence-corrected chi connectivity index (χ4v) is 3.91. The highest BCUT2D eigenvalue weighted by atomic mass is 32.2. The molecular weight excluding hydrogens is 288 g/mol. The van der Waals surface area contributed by atoms with Crippen molar-refractivity contribution >= 4 is 21.5 Å². The van der Waals surface area contributed by atoms with Gasteiger partial charge in [0.2, 0.25) is 0 Å². The lowest BCUT2D eigenvalue weighted by Gasteiger charge is -2.16. The highest BCUT2D eigenvalue weighted by Gasteiger charge is 2.22. The Balaban J connectivity index is 2.47. The van der Waals surface area contributed by atoms with E-state index in [-0.39, 0.29) is 10.9 Å². The molecule has 0 unspecified atom stereocenters. The van der Waals surface area contributed by atoms with Crippen LogP contribution in [0.25, 0.3) is 0 Å². The summed E-state index contributed by atoms with van der Waals surface area (Å²) in [6, 6.07) is 5.01. The van der Waals surface area contributed by atoms with E-state index in [4.69, 9.17) is 5.73 Å². The Morgan fingerprint density at radius 1 is 1.24 bits per heavy atom. The third-order valence-corrected chi connectivity index (χ3v) is 4.81. The van der Waals surface area contributed by atoms with Gasteiger partial charge in [-0.15, -0.1) is 0 Å². The molecule has 21 heavy (non-hydrogen) atoms. The standard InChI is InChI=1S/C14H20N4O2S/c1-9(2)18-13(5-6-16-18)17-21(19,20)14-10(3)7-12(15)8-11(14)4/h5-9,17H,15H2,1-4H3. The van der Waals surface area contributed by atoms with Gasteiger partial charge >= 0.3 is 0 Å². The molecule has 0 aliphatic heterocycles. The SMILES string of the molecule is Cc1cc(N)cc(C)c1S(=O)(=O)Nc1ccnn1C(C)C. The Hall–Kier alpha value is -2.02. The molecule has 1 aromatic heterocycles. The van der Waals surface area contributed by atoms with Gasteiger partial charge in [-0.3, -0.25) is 4.72 Å². The first-order chi connectivity index (χ1) is 9.72. The summed E-state index contributed by atoms with van der Waals surface area (Å²) in [6.07, 6.45) is 1.57. The van der Waals surface area contributed by atoms with Crippen molar-refractivity contribution in [2.45, 2.75) is 38.6 Å². The van der Waals surface area contributed by atoms with E-state index in [1.807, 2.05) is 13.8 Å². The first-order valence-electron chi connectivity index (χ1n) is 6.65. The van der Waals surface area contributed by atoms with Gasteiger partial charge in [0.1, 0.15) is 5.82 Å². The maximum Gasteiger partial charge on any atom is 0.263 e. The van der Waals surface area contributed by atoms with Gasteiger partial charge in [-0.25, -0.2) is 13.1 Å². The molecule has 1 aromatic carbocycles. The van der Waals surface area contributed by atoms with Crippen LogP contribution >= 0.6 is 0 Å². The molecule has 0 amide bonds. The van der Waals surface area contributed by atoms with Gasteiger partial charge in [0.15, 0.2) is 0 Å². The topological polar surface area (TPSA) is 90.0 Å². The lowest BCUT2D eigenvalue weighted by Crippen LogP contribution is -2.19. The highest BCUT2D eigenvalue weighted by molar-refractivity contribution is 7.92. The van der Waals surface area contributed by atoms with E-state index in [1.54, 1.807) is 42.9 Å². The van der Waals surface area contributed by atoms with Gasteiger partial charge < -0.3 is 5.73 Å². The van der Waals surface area contributed by atoms with Crippen LogP contribution in [0.4, 0.5) is 11.5 Å². The van der Waals surface area contributed by atoms with Crippen molar-refractivity contribution in [1.82, 2.24) is 9.78 Å². The van der Waals surface area contributed by atoms with Gasteiger partial charge in [0.25, 0.3) is 10.0 Å². The van der Waals surface area contributed by atoms with Crippen molar-refractivity contribution < 1.29 is 8.42 Å². The van der Waals surface area contributed by atoms with Crippen molar-refractivity contribution in [1.29, 1.82) is 0 Å². The molecule has 7 heteroatoms. The van der Waals surface area contributed by atoms with Crippen LogP contribution in [0.15, 0.2) is 29.3 Å². The van der Waals surface area contributed by atoms with Crippen molar-refractivity contribution in [3.63, 3.8) is 0 Å². The number of nitrogens with two attached hydrogens (primary N) is 1. The Kier molecular flexibility index (Phi) is 3.95. The van der Waals surface area contributed by atoms with Gasteiger partial charge in [-0.2, -0.15) is 5.10 Å². The monoisotopic (exact) mass is 308 g/mol.